The Labute approximate surface area is 142 Å². The molecule has 2 aromatic carbocycles. The summed E-state index contributed by atoms with van der Waals surface area (Å²) in [6.07, 6.45) is 0. The van der Waals surface area contributed by atoms with Gasteiger partial charge in [-0.15, -0.1) is 0 Å². The van der Waals surface area contributed by atoms with E-state index in [0.717, 1.165) is 10.8 Å². The molecule has 0 radical (unpaired) electrons. The van der Waals surface area contributed by atoms with Crippen LogP contribution in [0.3, 0.4) is 0 Å². The quantitative estimate of drug-likeness (QED) is 0.589. The molecule has 2 heterocycles. The van der Waals surface area contributed by atoms with Gasteiger partial charge in [-0.3, -0.25) is 20.0 Å². The molecule has 0 unspecified atom stereocenters. The van der Waals surface area contributed by atoms with E-state index in [1.165, 1.54) is 4.52 Å². The Balaban J connectivity index is 1.75. The summed E-state index contributed by atoms with van der Waals surface area (Å²) in [7, 11) is 0. The van der Waals surface area contributed by atoms with Crippen LogP contribution in [0.25, 0.3) is 16.6 Å². The molecule has 2 aromatic heterocycles. The predicted molar refractivity (Wildman–Crippen MR) is 95.0 cm³/mol. The maximum absolute atomic E-state index is 12.6. The van der Waals surface area contributed by atoms with Crippen LogP contribution < -0.4 is 10.9 Å². The summed E-state index contributed by atoms with van der Waals surface area (Å²) in [6.45, 7) is 3.45. The number of carbonyl (C=O) groups excluding carboxylic acids is 1. The minimum atomic E-state index is -0.308. The van der Waals surface area contributed by atoms with E-state index in [-0.39, 0.29) is 23.2 Å². The molecule has 4 rings (SSSR count). The number of aromatic nitrogens is 4. The molecule has 0 saturated heterocycles. The van der Waals surface area contributed by atoms with Gasteiger partial charge >= 0.3 is 0 Å². The minimum Gasteiger partial charge on any atom is -0.291 e. The van der Waals surface area contributed by atoms with Crippen LogP contribution >= 0.6 is 0 Å². The molecule has 7 nitrogen and oxygen atoms in total. The molecule has 0 fully saturated rings. The summed E-state index contributed by atoms with van der Waals surface area (Å²) in [6, 6.07) is 13.2. The Morgan fingerprint density at radius 2 is 1.84 bits per heavy atom. The number of amides is 1. The van der Waals surface area contributed by atoms with Gasteiger partial charge < -0.3 is 0 Å². The van der Waals surface area contributed by atoms with E-state index in [1.54, 1.807) is 19.9 Å². The average molecular weight is 333 g/mol. The van der Waals surface area contributed by atoms with Crippen molar-refractivity contribution in [3.8, 4) is 0 Å². The lowest BCUT2D eigenvalue weighted by molar-refractivity contribution is 0.102. The average Bonchev–Trinajstić information content (AvgIpc) is 3.01. The second-order valence-electron chi connectivity index (χ2n) is 5.82. The molecule has 0 atom stereocenters. The van der Waals surface area contributed by atoms with Crippen molar-refractivity contribution in [1.82, 2.24) is 19.6 Å². The summed E-state index contributed by atoms with van der Waals surface area (Å²) in [4.78, 5) is 33.3. The molecule has 0 aliphatic rings. The first-order valence-corrected chi connectivity index (χ1v) is 7.79. The molecular weight excluding hydrogens is 318 g/mol. The van der Waals surface area contributed by atoms with E-state index in [9.17, 15) is 9.59 Å². The normalized spacial score (nSPS) is 11.1. The minimum absolute atomic E-state index is 0.174. The van der Waals surface area contributed by atoms with E-state index >= 15 is 0 Å². The highest BCUT2D eigenvalue weighted by atomic mass is 16.2. The number of hydrogen-bond acceptors (Lipinski definition) is 4. The second-order valence-corrected chi connectivity index (χ2v) is 5.82. The fourth-order valence-corrected chi connectivity index (χ4v) is 2.76. The summed E-state index contributed by atoms with van der Waals surface area (Å²) in [5.74, 6) is 0.0891. The highest BCUT2D eigenvalue weighted by Gasteiger charge is 2.14. The molecule has 0 bridgehead atoms. The number of aromatic amines is 1. The van der Waals surface area contributed by atoms with Gasteiger partial charge in [-0.1, -0.05) is 36.4 Å². The monoisotopic (exact) mass is 333 g/mol. The Hall–Kier alpha value is -3.48. The van der Waals surface area contributed by atoms with Crippen LogP contribution in [0.1, 0.15) is 21.6 Å². The number of aryl methyl sites for hydroxylation is 1. The molecule has 2 N–H and O–H groups in total. The largest absolute Gasteiger partial charge is 0.291 e. The lowest BCUT2D eigenvalue weighted by Gasteiger charge is -2.05. The van der Waals surface area contributed by atoms with E-state index in [4.69, 9.17) is 0 Å². The Kier molecular flexibility index (Phi) is 3.35. The molecule has 7 heteroatoms. The number of H-pyrrole nitrogens is 1. The van der Waals surface area contributed by atoms with Gasteiger partial charge in [0.15, 0.2) is 0 Å². The number of benzene rings is 2. The first kappa shape index (κ1) is 15.1. The third kappa shape index (κ3) is 2.46. The molecule has 0 aliphatic carbocycles. The van der Waals surface area contributed by atoms with E-state index in [1.807, 2.05) is 36.4 Å². The topological polar surface area (TPSA) is 92.2 Å². The smallest absolute Gasteiger partial charge is 0.277 e. The first-order chi connectivity index (χ1) is 12.0. The van der Waals surface area contributed by atoms with Crippen molar-refractivity contribution in [2.45, 2.75) is 13.8 Å². The van der Waals surface area contributed by atoms with E-state index < -0.39 is 0 Å². The molecular formula is C18H15N5O2. The number of nitrogens with zero attached hydrogens (tertiary/aromatic N) is 3. The molecule has 25 heavy (non-hydrogen) atoms. The summed E-state index contributed by atoms with van der Waals surface area (Å²) >= 11 is 0. The van der Waals surface area contributed by atoms with E-state index in [0.29, 0.717) is 16.8 Å². The standard InChI is InChI=1S/C18H15N5O2/c1-10-11(2)19-18-21-17(22-23(18)16(10)25)20-15(24)14-9-5-7-12-6-3-4-8-13(12)14/h3-9H,1-2H3,(H2,19,20,21,22,24). The van der Waals surface area contributed by atoms with E-state index in [2.05, 4.69) is 20.4 Å². The van der Waals surface area contributed by atoms with Crippen molar-refractivity contribution in [3.63, 3.8) is 0 Å². The molecule has 0 aliphatic heterocycles. The van der Waals surface area contributed by atoms with Crippen LogP contribution in [-0.4, -0.2) is 25.5 Å². The van der Waals surface area contributed by atoms with Gasteiger partial charge in [-0.2, -0.15) is 9.50 Å². The Bertz CT molecular complexity index is 1180. The van der Waals surface area contributed by atoms with Gasteiger partial charge in [-0.25, -0.2) is 4.98 Å². The lowest BCUT2D eigenvalue weighted by atomic mass is 10.0. The number of anilines is 1. The zero-order valence-corrected chi connectivity index (χ0v) is 13.7. The third-order valence-corrected chi connectivity index (χ3v) is 4.23. The van der Waals surface area contributed by atoms with Crippen molar-refractivity contribution in [1.29, 1.82) is 0 Å². The first-order valence-electron chi connectivity index (χ1n) is 7.79. The lowest BCUT2D eigenvalue weighted by Crippen LogP contribution is -2.19. The zero-order valence-electron chi connectivity index (χ0n) is 13.7. The van der Waals surface area contributed by atoms with Gasteiger partial charge in [0.1, 0.15) is 0 Å². The van der Waals surface area contributed by atoms with Crippen LogP contribution in [0.4, 0.5) is 5.95 Å². The van der Waals surface area contributed by atoms with Crippen LogP contribution in [0.15, 0.2) is 47.3 Å². The van der Waals surface area contributed by atoms with Crippen LogP contribution in [0.5, 0.6) is 0 Å². The van der Waals surface area contributed by atoms with Crippen LogP contribution in [-0.2, 0) is 0 Å². The zero-order chi connectivity index (χ0) is 17.6. The summed E-state index contributed by atoms with van der Waals surface area (Å²) in [5, 5.41) is 7.30. The van der Waals surface area contributed by atoms with Crippen molar-refractivity contribution in [3.05, 3.63) is 69.6 Å². The SMILES string of the molecule is Cc1nc2nc(NC(=O)c3cccc4ccccc34)[nH]n2c(=O)c1C. The summed E-state index contributed by atoms with van der Waals surface area (Å²) < 4.78 is 1.22. The number of carbonyl (C=O) groups is 1. The molecule has 4 aromatic rings. The maximum Gasteiger partial charge on any atom is 0.277 e. The van der Waals surface area contributed by atoms with Gasteiger partial charge in [0, 0.05) is 16.8 Å². The number of fused-ring (bicyclic) bond motifs is 2. The van der Waals surface area contributed by atoms with Crippen molar-refractivity contribution >= 4 is 28.4 Å². The van der Waals surface area contributed by atoms with Gasteiger partial charge in [-0.05, 0) is 30.7 Å². The van der Waals surface area contributed by atoms with Crippen LogP contribution in [0.2, 0.25) is 0 Å². The number of rotatable bonds is 2. The predicted octanol–water partition coefficient (Wildman–Crippen LogP) is 2.44. The Morgan fingerprint density at radius 1 is 1.08 bits per heavy atom. The third-order valence-electron chi connectivity index (χ3n) is 4.23. The fraction of sp³-hybridized carbons (Fsp3) is 0.111. The number of hydrogen-bond donors (Lipinski definition) is 2. The second kappa shape index (κ2) is 5.55. The molecule has 1 amide bonds. The highest BCUT2D eigenvalue weighted by Crippen LogP contribution is 2.19. The van der Waals surface area contributed by atoms with Crippen molar-refractivity contribution in [2.24, 2.45) is 0 Å². The van der Waals surface area contributed by atoms with Crippen molar-refractivity contribution in [2.75, 3.05) is 5.32 Å². The van der Waals surface area contributed by atoms with Gasteiger partial charge in [0.05, 0.1) is 0 Å². The fourth-order valence-electron chi connectivity index (χ4n) is 2.76. The Morgan fingerprint density at radius 3 is 2.68 bits per heavy atom. The molecule has 0 spiro atoms. The van der Waals surface area contributed by atoms with Gasteiger partial charge in [0.2, 0.25) is 5.95 Å². The van der Waals surface area contributed by atoms with Crippen molar-refractivity contribution < 1.29 is 4.79 Å². The maximum atomic E-state index is 12.6. The van der Waals surface area contributed by atoms with Gasteiger partial charge in [0.25, 0.3) is 17.2 Å². The molecule has 0 saturated carbocycles. The molecule has 124 valence electrons. The van der Waals surface area contributed by atoms with Crippen LogP contribution in [0, 0.1) is 13.8 Å². The highest BCUT2D eigenvalue weighted by molar-refractivity contribution is 6.12. The number of nitrogens with one attached hydrogen (secondary N) is 2. The summed E-state index contributed by atoms with van der Waals surface area (Å²) in [5.41, 5.74) is 1.45.